The van der Waals surface area contributed by atoms with Gasteiger partial charge in [-0.15, -0.1) is 0 Å². The Morgan fingerprint density at radius 3 is 2.61 bits per heavy atom. The Kier molecular flexibility index (Phi) is 8.39. The number of carbonyl (C=O) groups excluding carboxylic acids is 2. The normalized spacial score (nSPS) is 31.0. The summed E-state index contributed by atoms with van der Waals surface area (Å²) in [5.41, 5.74) is 1.78. The summed E-state index contributed by atoms with van der Waals surface area (Å²) in [5.74, 6) is 3.48. The van der Waals surface area contributed by atoms with Gasteiger partial charge in [-0.3, -0.25) is 14.5 Å². The molecule has 7 nitrogen and oxygen atoms in total. The lowest BCUT2D eigenvalue weighted by Gasteiger charge is -2.60. The summed E-state index contributed by atoms with van der Waals surface area (Å²) in [6, 6.07) is 1.94. The van der Waals surface area contributed by atoms with E-state index in [9.17, 15) is 14.7 Å². The second-order valence-electron chi connectivity index (χ2n) is 15.6. The van der Waals surface area contributed by atoms with Crippen LogP contribution in [0, 0.1) is 23.7 Å². The van der Waals surface area contributed by atoms with Gasteiger partial charge in [-0.2, -0.15) is 0 Å². The molecule has 1 amide bonds. The Labute approximate surface area is 264 Å². The van der Waals surface area contributed by atoms with E-state index >= 15 is 0 Å². The minimum absolute atomic E-state index is 0.0270. The van der Waals surface area contributed by atoms with Crippen LogP contribution in [0.15, 0.2) is 6.07 Å². The van der Waals surface area contributed by atoms with Gasteiger partial charge in [0.15, 0.2) is 11.5 Å². The fourth-order valence-electron chi connectivity index (χ4n) is 10.2. The van der Waals surface area contributed by atoms with E-state index in [1.54, 1.807) is 6.07 Å². The van der Waals surface area contributed by atoms with E-state index in [1.807, 2.05) is 0 Å². The largest absolute Gasteiger partial charge is 0.508 e. The molecule has 0 aromatic heterocycles. The quantitative estimate of drug-likeness (QED) is 0.170. The van der Waals surface area contributed by atoms with E-state index in [2.05, 4.69) is 23.6 Å². The van der Waals surface area contributed by atoms with Crippen molar-refractivity contribution in [2.24, 2.45) is 23.7 Å². The summed E-state index contributed by atoms with van der Waals surface area (Å²) in [7, 11) is 0. The highest BCUT2D eigenvalue weighted by atomic mass is 16.6. The highest BCUT2D eigenvalue weighted by molar-refractivity contribution is 5.77. The molecule has 1 N–H and O–H groups in total. The molecule has 44 heavy (non-hydrogen) atoms. The van der Waals surface area contributed by atoms with Gasteiger partial charge in [0.25, 0.3) is 0 Å². The first-order chi connectivity index (χ1) is 21.3. The number of nitrogens with zero attached hydrogens (tertiary/aromatic N) is 2. The zero-order valence-electron chi connectivity index (χ0n) is 27.3. The molecule has 1 spiro atoms. The molecule has 5 atom stereocenters. The smallest absolute Gasteiger partial charge is 0.308 e. The maximum atomic E-state index is 14.1. The van der Waals surface area contributed by atoms with Crippen LogP contribution in [0.2, 0.25) is 0 Å². The molecule has 6 aliphatic rings. The number of carbonyl (C=O) groups is 2. The van der Waals surface area contributed by atoms with Crippen molar-refractivity contribution in [1.29, 1.82) is 0 Å². The monoisotopic (exact) mass is 606 g/mol. The standard InChI is InChI=1S/C37H54N2O5/c1-23(2)21-39(33(42)12-8-7-11-25-9-5-4-6-10-25)29-16-15-28-30-19-27-31(41)20-32(43-24(3)40)35-34(27)37(28,36(29)44-35)17-18-38(30)22-26-13-14-26/h20,23,25-26,28-30,36,41H,4-19,21-22H2,1-3H3/t28-,29+,30+,36-,37-/m0/s1. The van der Waals surface area contributed by atoms with Crippen LogP contribution in [0.5, 0.6) is 17.2 Å². The van der Waals surface area contributed by atoms with Crippen molar-refractivity contribution in [2.45, 2.75) is 141 Å². The van der Waals surface area contributed by atoms with E-state index in [4.69, 9.17) is 9.47 Å². The molecule has 2 bridgehead atoms. The van der Waals surface area contributed by atoms with Crippen LogP contribution in [-0.2, 0) is 21.4 Å². The highest BCUT2D eigenvalue weighted by Gasteiger charge is 2.67. The van der Waals surface area contributed by atoms with Crippen LogP contribution in [0.3, 0.4) is 0 Å². The topological polar surface area (TPSA) is 79.3 Å². The molecule has 4 aliphatic carbocycles. The molecular formula is C37H54N2O5. The molecule has 3 saturated carbocycles. The van der Waals surface area contributed by atoms with Gasteiger partial charge in [-0.05, 0) is 75.2 Å². The number of hydrogen-bond acceptors (Lipinski definition) is 6. The predicted octanol–water partition coefficient (Wildman–Crippen LogP) is 6.76. The van der Waals surface area contributed by atoms with E-state index in [1.165, 1.54) is 58.3 Å². The number of phenols is 1. The molecule has 2 aliphatic heterocycles. The molecular weight excluding hydrogens is 552 g/mol. The third kappa shape index (κ3) is 5.43. The number of phenolic OH excluding ortho intramolecular Hbond substituents is 1. The van der Waals surface area contributed by atoms with E-state index in [0.29, 0.717) is 35.8 Å². The molecule has 4 fully saturated rings. The minimum Gasteiger partial charge on any atom is -0.508 e. The van der Waals surface area contributed by atoms with Gasteiger partial charge in [0.05, 0.1) is 6.04 Å². The summed E-state index contributed by atoms with van der Waals surface area (Å²) in [5, 5.41) is 11.4. The Morgan fingerprint density at radius 1 is 1.09 bits per heavy atom. The molecule has 7 rings (SSSR count). The summed E-state index contributed by atoms with van der Waals surface area (Å²) >= 11 is 0. The summed E-state index contributed by atoms with van der Waals surface area (Å²) in [6.07, 6.45) is 17.1. The number of ether oxygens (including phenoxy) is 2. The van der Waals surface area contributed by atoms with Crippen LogP contribution in [-0.4, -0.2) is 64.6 Å². The van der Waals surface area contributed by atoms with Crippen molar-refractivity contribution < 1.29 is 24.2 Å². The fraction of sp³-hybridized carbons (Fsp3) is 0.784. The lowest BCUT2D eigenvalue weighted by Crippen LogP contribution is -2.69. The van der Waals surface area contributed by atoms with E-state index in [-0.39, 0.29) is 29.2 Å². The van der Waals surface area contributed by atoms with Gasteiger partial charge in [-0.25, -0.2) is 0 Å². The Morgan fingerprint density at radius 2 is 1.89 bits per heavy atom. The zero-order chi connectivity index (χ0) is 30.6. The second-order valence-corrected chi connectivity index (χ2v) is 15.6. The maximum absolute atomic E-state index is 14.1. The summed E-state index contributed by atoms with van der Waals surface area (Å²) in [6.45, 7) is 8.72. The third-order valence-electron chi connectivity index (χ3n) is 12.2. The van der Waals surface area contributed by atoms with Gasteiger partial charge in [-0.1, -0.05) is 58.8 Å². The van der Waals surface area contributed by atoms with Crippen LogP contribution in [0.1, 0.15) is 122 Å². The van der Waals surface area contributed by atoms with E-state index < -0.39 is 5.97 Å². The number of likely N-dealkylation sites (tertiary alicyclic amines) is 1. The van der Waals surface area contributed by atoms with Crippen molar-refractivity contribution in [3.8, 4) is 17.2 Å². The number of rotatable bonds is 11. The maximum Gasteiger partial charge on any atom is 0.308 e. The van der Waals surface area contributed by atoms with Crippen LogP contribution in [0.25, 0.3) is 0 Å². The number of unbranched alkanes of at least 4 members (excludes halogenated alkanes) is 1. The summed E-state index contributed by atoms with van der Waals surface area (Å²) in [4.78, 5) is 31.2. The molecule has 2 heterocycles. The average molecular weight is 607 g/mol. The number of esters is 1. The molecule has 1 aromatic rings. The van der Waals surface area contributed by atoms with Crippen molar-refractivity contribution in [3.63, 3.8) is 0 Å². The first-order valence-corrected chi connectivity index (χ1v) is 18.0. The molecule has 0 unspecified atom stereocenters. The van der Waals surface area contributed by atoms with Crippen molar-refractivity contribution in [1.82, 2.24) is 9.80 Å². The van der Waals surface area contributed by atoms with Crippen LogP contribution >= 0.6 is 0 Å². The van der Waals surface area contributed by atoms with Crippen molar-refractivity contribution in [2.75, 3.05) is 19.6 Å². The number of aromatic hydroxyl groups is 1. The number of hydrogen-bond donors (Lipinski definition) is 1. The van der Waals surface area contributed by atoms with Crippen LogP contribution < -0.4 is 9.47 Å². The molecule has 0 radical (unpaired) electrons. The minimum atomic E-state index is -0.414. The lowest BCUT2D eigenvalue weighted by atomic mass is 9.50. The average Bonchev–Trinajstić information content (AvgIpc) is 3.75. The lowest BCUT2D eigenvalue weighted by molar-refractivity contribution is -0.143. The predicted molar refractivity (Wildman–Crippen MR) is 170 cm³/mol. The number of piperidine rings is 1. The molecule has 1 aromatic carbocycles. The number of benzene rings is 1. The zero-order valence-corrected chi connectivity index (χ0v) is 27.3. The second kappa shape index (κ2) is 12.1. The van der Waals surface area contributed by atoms with Gasteiger partial charge in [0, 0.05) is 55.1 Å². The van der Waals surface area contributed by atoms with Gasteiger partial charge < -0.3 is 19.5 Å². The van der Waals surface area contributed by atoms with Gasteiger partial charge >= 0.3 is 5.97 Å². The molecule has 1 saturated heterocycles. The summed E-state index contributed by atoms with van der Waals surface area (Å²) < 4.78 is 12.7. The van der Waals surface area contributed by atoms with Gasteiger partial charge in [0.1, 0.15) is 11.9 Å². The Balaban J connectivity index is 1.19. The number of amides is 1. The molecule has 242 valence electrons. The Bertz CT molecular complexity index is 1250. The third-order valence-corrected chi connectivity index (χ3v) is 12.2. The van der Waals surface area contributed by atoms with Crippen LogP contribution in [0.4, 0.5) is 0 Å². The van der Waals surface area contributed by atoms with Gasteiger partial charge in [0.2, 0.25) is 5.91 Å². The first-order valence-electron chi connectivity index (χ1n) is 18.0. The van der Waals surface area contributed by atoms with Crippen molar-refractivity contribution in [3.05, 3.63) is 17.2 Å². The Hall–Kier alpha value is -2.28. The first kappa shape index (κ1) is 30.4. The SMILES string of the molecule is CC(=O)Oc1cc(O)c2c3c1O[C@H]1[C@H](N(CC(C)C)C(=O)CCCCC4CCCCC4)CC[C@H]4[C@@H](C2)N(CC2CC2)CC[C@@]341. The van der Waals surface area contributed by atoms with E-state index in [0.717, 1.165) is 81.1 Å². The molecule has 7 heteroatoms. The highest BCUT2D eigenvalue weighted by Crippen LogP contribution is 2.66. The fourth-order valence-corrected chi connectivity index (χ4v) is 10.2. The van der Waals surface area contributed by atoms with Crippen molar-refractivity contribution >= 4 is 11.9 Å².